The summed E-state index contributed by atoms with van der Waals surface area (Å²) in [6.45, 7) is 7.89. The zero-order chi connectivity index (χ0) is 14.4. The predicted molar refractivity (Wildman–Crippen MR) is 82.1 cm³/mol. The number of hydrogen-bond acceptors (Lipinski definition) is 5. The molecule has 1 aliphatic heterocycles. The van der Waals surface area contributed by atoms with Crippen LogP contribution in [0.1, 0.15) is 38.9 Å². The van der Waals surface area contributed by atoms with Gasteiger partial charge in [0.25, 0.3) is 0 Å². The van der Waals surface area contributed by atoms with Crippen molar-refractivity contribution in [1.82, 2.24) is 9.97 Å². The Morgan fingerprint density at radius 2 is 2.20 bits per heavy atom. The highest BCUT2D eigenvalue weighted by atomic mass is 16.5. The van der Waals surface area contributed by atoms with Crippen LogP contribution in [0.5, 0.6) is 0 Å². The van der Waals surface area contributed by atoms with Crippen molar-refractivity contribution < 1.29 is 4.74 Å². The molecule has 1 atom stereocenters. The first kappa shape index (κ1) is 15.0. The Labute approximate surface area is 121 Å². The number of ether oxygens (including phenoxy) is 1. The normalized spacial score (nSPS) is 19.8. The lowest BCUT2D eigenvalue weighted by Crippen LogP contribution is -2.26. The maximum atomic E-state index is 5.17. The van der Waals surface area contributed by atoms with E-state index in [0.29, 0.717) is 6.61 Å². The summed E-state index contributed by atoms with van der Waals surface area (Å²) in [5.74, 6) is 3.48. The lowest BCUT2D eigenvalue weighted by Gasteiger charge is -2.22. The van der Waals surface area contributed by atoms with Gasteiger partial charge >= 0.3 is 0 Å². The van der Waals surface area contributed by atoms with Crippen LogP contribution in [0.4, 0.5) is 11.6 Å². The van der Waals surface area contributed by atoms with Crippen LogP contribution in [-0.4, -0.2) is 36.7 Å². The number of aromatic nitrogens is 2. The molecule has 2 heterocycles. The fourth-order valence-corrected chi connectivity index (χ4v) is 2.60. The Hall–Kier alpha value is -1.36. The highest BCUT2D eigenvalue weighted by Crippen LogP contribution is 2.22. The first-order valence-electron chi connectivity index (χ1n) is 7.58. The minimum absolute atomic E-state index is 0.455. The first-order valence-corrected chi connectivity index (χ1v) is 7.58. The molecule has 0 aliphatic carbocycles. The number of nitrogens with zero attached hydrogens (tertiary/aromatic N) is 3. The Bertz CT molecular complexity index is 400. The molecule has 0 amide bonds. The zero-order valence-corrected chi connectivity index (χ0v) is 12.9. The lowest BCUT2D eigenvalue weighted by atomic mass is 10.0. The number of methoxy groups -OCH3 is 1. The molecule has 1 fully saturated rings. The van der Waals surface area contributed by atoms with Crippen LogP contribution in [-0.2, 0) is 11.3 Å². The molecule has 112 valence electrons. The molecule has 5 heteroatoms. The molecule has 1 aromatic heterocycles. The summed E-state index contributed by atoms with van der Waals surface area (Å²) in [4.78, 5) is 11.5. The summed E-state index contributed by atoms with van der Waals surface area (Å²) in [6, 6.07) is 2.05. The largest absolute Gasteiger partial charge is 0.377 e. The molecule has 20 heavy (non-hydrogen) atoms. The van der Waals surface area contributed by atoms with Crippen LogP contribution < -0.4 is 10.2 Å². The number of hydrogen-bond donors (Lipinski definition) is 1. The molecule has 0 aromatic carbocycles. The number of anilines is 2. The molecule has 1 unspecified atom stereocenters. The van der Waals surface area contributed by atoms with E-state index in [1.807, 2.05) is 0 Å². The van der Waals surface area contributed by atoms with E-state index in [0.717, 1.165) is 43.0 Å². The molecule has 1 aromatic rings. The standard InChI is InChI=1S/C15H26N4O/c1-4-16-13-10-15(18-14(17-13)11-20-3)19-8-5-6-12(2)7-9-19/h10,12H,4-9,11H2,1-3H3,(H,16,17,18). The molecule has 0 radical (unpaired) electrons. The third-order valence-electron chi connectivity index (χ3n) is 3.73. The van der Waals surface area contributed by atoms with Crippen LogP contribution in [0.25, 0.3) is 0 Å². The van der Waals surface area contributed by atoms with Crippen molar-refractivity contribution in [3.05, 3.63) is 11.9 Å². The van der Waals surface area contributed by atoms with Gasteiger partial charge in [0, 0.05) is 32.8 Å². The van der Waals surface area contributed by atoms with Gasteiger partial charge in [-0.05, 0) is 32.1 Å². The van der Waals surface area contributed by atoms with Crippen molar-refractivity contribution in [2.45, 2.75) is 39.7 Å². The number of nitrogens with one attached hydrogen (secondary N) is 1. The van der Waals surface area contributed by atoms with E-state index in [-0.39, 0.29) is 0 Å². The Kier molecular flexibility index (Phi) is 5.59. The Morgan fingerprint density at radius 3 is 2.95 bits per heavy atom. The third-order valence-corrected chi connectivity index (χ3v) is 3.73. The lowest BCUT2D eigenvalue weighted by molar-refractivity contribution is 0.178. The van der Waals surface area contributed by atoms with Gasteiger partial charge < -0.3 is 15.0 Å². The van der Waals surface area contributed by atoms with Crippen LogP contribution in [0.2, 0.25) is 0 Å². The fraction of sp³-hybridized carbons (Fsp3) is 0.733. The van der Waals surface area contributed by atoms with Gasteiger partial charge in [0.05, 0.1) is 0 Å². The van der Waals surface area contributed by atoms with Gasteiger partial charge in [0.1, 0.15) is 18.2 Å². The minimum Gasteiger partial charge on any atom is -0.377 e. The second-order valence-electron chi connectivity index (χ2n) is 5.51. The van der Waals surface area contributed by atoms with E-state index in [2.05, 4.69) is 40.1 Å². The van der Waals surface area contributed by atoms with Gasteiger partial charge in [-0.25, -0.2) is 9.97 Å². The average Bonchev–Trinajstić information content (AvgIpc) is 2.64. The van der Waals surface area contributed by atoms with E-state index in [1.165, 1.54) is 19.3 Å². The van der Waals surface area contributed by atoms with E-state index < -0.39 is 0 Å². The molecule has 0 bridgehead atoms. The minimum atomic E-state index is 0.455. The average molecular weight is 278 g/mol. The van der Waals surface area contributed by atoms with Crippen molar-refractivity contribution in [3.8, 4) is 0 Å². The van der Waals surface area contributed by atoms with Gasteiger partial charge in [-0.15, -0.1) is 0 Å². The first-order chi connectivity index (χ1) is 9.72. The maximum absolute atomic E-state index is 5.17. The summed E-state index contributed by atoms with van der Waals surface area (Å²) in [7, 11) is 1.68. The van der Waals surface area contributed by atoms with Crippen LogP contribution >= 0.6 is 0 Å². The van der Waals surface area contributed by atoms with Crippen molar-refractivity contribution in [2.24, 2.45) is 5.92 Å². The molecule has 5 nitrogen and oxygen atoms in total. The zero-order valence-electron chi connectivity index (χ0n) is 12.9. The Morgan fingerprint density at radius 1 is 1.35 bits per heavy atom. The molecule has 1 N–H and O–H groups in total. The molecular formula is C15H26N4O. The second kappa shape index (κ2) is 7.43. The molecule has 2 rings (SSSR count). The molecule has 0 saturated carbocycles. The van der Waals surface area contributed by atoms with Crippen molar-refractivity contribution in [2.75, 3.05) is 37.0 Å². The molecule has 1 aliphatic rings. The van der Waals surface area contributed by atoms with Crippen molar-refractivity contribution in [1.29, 1.82) is 0 Å². The highest BCUT2D eigenvalue weighted by molar-refractivity contribution is 5.49. The molecular weight excluding hydrogens is 252 g/mol. The second-order valence-corrected chi connectivity index (χ2v) is 5.51. The van der Waals surface area contributed by atoms with E-state index >= 15 is 0 Å². The molecule has 0 spiro atoms. The van der Waals surface area contributed by atoms with E-state index in [9.17, 15) is 0 Å². The van der Waals surface area contributed by atoms with Crippen molar-refractivity contribution >= 4 is 11.6 Å². The number of rotatable bonds is 5. The summed E-state index contributed by atoms with van der Waals surface area (Å²) in [6.07, 6.45) is 3.79. The van der Waals surface area contributed by atoms with Gasteiger partial charge in [-0.3, -0.25) is 0 Å². The summed E-state index contributed by atoms with van der Waals surface area (Å²) in [5, 5.41) is 3.28. The maximum Gasteiger partial charge on any atom is 0.158 e. The monoisotopic (exact) mass is 278 g/mol. The quantitative estimate of drug-likeness (QED) is 0.897. The van der Waals surface area contributed by atoms with E-state index in [4.69, 9.17) is 4.74 Å². The van der Waals surface area contributed by atoms with Gasteiger partial charge in [-0.1, -0.05) is 6.92 Å². The topological polar surface area (TPSA) is 50.3 Å². The SMILES string of the molecule is CCNc1cc(N2CCCC(C)CC2)nc(COC)n1. The van der Waals surface area contributed by atoms with Gasteiger partial charge in [-0.2, -0.15) is 0 Å². The summed E-state index contributed by atoms with van der Waals surface area (Å²) in [5.41, 5.74) is 0. The summed E-state index contributed by atoms with van der Waals surface area (Å²) < 4.78 is 5.17. The van der Waals surface area contributed by atoms with Crippen LogP contribution in [0.15, 0.2) is 6.07 Å². The van der Waals surface area contributed by atoms with Gasteiger partial charge in [0.15, 0.2) is 5.82 Å². The van der Waals surface area contributed by atoms with Gasteiger partial charge in [0.2, 0.25) is 0 Å². The highest BCUT2D eigenvalue weighted by Gasteiger charge is 2.16. The summed E-state index contributed by atoms with van der Waals surface area (Å²) >= 11 is 0. The smallest absolute Gasteiger partial charge is 0.158 e. The fourth-order valence-electron chi connectivity index (χ4n) is 2.60. The van der Waals surface area contributed by atoms with Crippen molar-refractivity contribution in [3.63, 3.8) is 0 Å². The predicted octanol–water partition coefficient (Wildman–Crippen LogP) is 2.68. The van der Waals surface area contributed by atoms with Crippen LogP contribution in [0.3, 0.4) is 0 Å². The molecule has 1 saturated heterocycles. The van der Waals surface area contributed by atoms with E-state index in [1.54, 1.807) is 7.11 Å². The van der Waals surface area contributed by atoms with Crippen LogP contribution in [0, 0.1) is 5.92 Å². The third kappa shape index (κ3) is 4.07. The Balaban J connectivity index is 2.19.